The molecule has 57 heavy (non-hydrogen) atoms. The molecule has 4 aliphatic rings. The Bertz CT molecular complexity index is 2650. The highest BCUT2D eigenvalue weighted by molar-refractivity contribution is 7.33. The second kappa shape index (κ2) is 15.4. The number of allylic oxidation sites excluding steroid dienone is 3. The number of fused-ring (bicyclic) bond motifs is 10. The van der Waals surface area contributed by atoms with Gasteiger partial charge in [0.25, 0.3) is 5.70 Å². The molecule has 0 aromatic carbocycles. The molecule has 0 bridgehead atoms. The Labute approximate surface area is 354 Å². The highest BCUT2D eigenvalue weighted by atomic mass is 32.1. The predicted octanol–water partition coefficient (Wildman–Crippen LogP) is 14.6. The van der Waals surface area contributed by atoms with Gasteiger partial charge in [-0.1, -0.05) is 52.4 Å². The molecule has 9 rings (SSSR count). The molecule has 2 saturated carbocycles. The first-order valence-corrected chi connectivity index (χ1v) is 24.0. The number of nitrogens with zero attached hydrogens (tertiary/aromatic N) is 4. The van der Waals surface area contributed by atoms with Crippen LogP contribution < -0.4 is 9.47 Å². The van der Waals surface area contributed by atoms with Crippen molar-refractivity contribution in [2.45, 2.75) is 102 Å². The lowest BCUT2D eigenvalue weighted by molar-refractivity contribution is 0.316. The monoisotopic (exact) mass is 840 g/mol. The number of hydrogen-bond acceptors (Lipinski definition) is 10. The molecule has 5 aromatic rings. The van der Waals surface area contributed by atoms with Gasteiger partial charge in [0.2, 0.25) is 0 Å². The number of thiophene rings is 5. The smallest absolute Gasteiger partial charge is 0.263 e. The van der Waals surface area contributed by atoms with Crippen LogP contribution in [0.1, 0.15) is 127 Å². The van der Waals surface area contributed by atoms with E-state index in [4.69, 9.17) is 16.0 Å². The number of hydrogen-bond donors (Lipinski definition) is 0. The quantitative estimate of drug-likeness (QED) is 0.103. The minimum absolute atomic E-state index is 0.00248. The van der Waals surface area contributed by atoms with Crippen molar-refractivity contribution >= 4 is 89.9 Å². The Morgan fingerprint density at radius 1 is 0.702 bits per heavy atom. The van der Waals surface area contributed by atoms with E-state index in [0.717, 1.165) is 69.5 Å². The fourth-order valence-corrected chi connectivity index (χ4v) is 16.6. The summed E-state index contributed by atoms with van der Waals surface area (Å²) in [5, 5.41) is 28.5. The van der Waals surface area contributed by atoms with Gasteiger partial charge in [0.05, 0.1) is 49.9 Å². The van der Waals surface area contributed by atoms with E-state index < -0.39 is 0 Å². The van der Waals surface area contributed by atoms with E-state index >= 15 is 0 Å². The molecule has 2 fully saturated rings. The summed E-state index contributed by atoms with van der Waals surface area (Å²) in [6.45, 7) is 13.0. The van der Waals surface area contributed by atoms with Crippen molar-refractivity contribution in [1.82, 2.24) is 0 Å². The van der Waals surface area contributed by atoms with Gasteiger partial charge < -0.3 is 9.47 Å². The normalized spacial score (nSPS) is 17.3. The van der Waals surface area contributed by atoms with Crippen LogP contribution in [-0.2, 0) is 10.8 Å². The van der Waals surface area contributed by atoms with E-state index in [2.05, 4.69) is 30.8 Å². The Kier molecular flexibility index (Phi) is 10.3. The third kappa shape index (κ3) is 6.14. The predicted molar refractivity (Wildman–Crippen MR) is 238 cm³/mol. The molecule has 5 aromatic heterocycles. The Hall–Kier alpha value is -4.46. The highest BCUT2D eigenvalue weighted by Gasteiger charge is 2.52. The van der Waals surface area contributed by atoms with Crippen LogP contribution in [-0.4, -0.2) is 13.2 Å². The van der Waals surface area contributed by atoms with Crippen LogP contribution in [0.3, 0.4) is 0 Å². The molecule has 4 aliphatic carbocycles. The maximum atomic E-state index is 9.56. The summed E-state index contributed by atoms with van der Waals surface area (Å²) in [7, 11) is 0. The standard InChI is InChI=1S/C46H40N4O2S5/c1-4-16-51-33-21-30(19-28(26-49)50-3)53-39(33)31-22-35-37(45(31)12-8-6-9-13-45)42-44(55-35)38-43(57-42)40-32(46(38)14-10-7-11-15-46)23-36(56-40)41-34(52-17-5-2)20-29(54-41)18-27(24-47)25-48/h18-23H,4-17H2,1-2H3/b28-19+. The zero-order valence-corrected chi connectivity index (χ0v) is 36.1. The minimum Gasteiger partial charge on any atom is -0.492 e. The van der Waals surface area contributed by atoms with Gasteiger partial charge in [-0.25, -0.2) is 10.1 Å². The lowest BCUT2D eigenvalue weighted by atomic mass is 9.66. The van der Waals surface area contributed by atoms with Crippen LogP contribution in [0.2, 0.25) is 0 Å². The zero-order valence-electron chi connectivity index (χ0n) is 32.0. The van der Waals surface area contributed by atoms with Gasteiger partial charge >= 0.3 is 0 Å². The fourth-order valence-electron chi connectivity index (χ4n) is 9.68. The van der Waals surface area contributed by atoms with Crippen LogP contribution in [0.4, 0.5) is 0 Å². The first-order chi connectivity index (χ1) is 27.9. The Balaban J connectivity index is 1.20. The third-order valence-corrected chi connectivity index (χ3v) is 18.2. The second-order valence-corrected chi connectivity index (χ2v) is 20.7. The van der Waals surface area contributed by atoms with E-state index in [-0.39, 0.29) is 22.1 Å². The first-order valence-electron chi connectivity index (χ1n) is 19.9. The van der Waals surface area contributed by atoms with E-state index in [0.29, 0.717) is 13.2 Å². The molecular formula is C46H40N4O2S5. The molecular weight excluding hydrogens is 801 g/mol. The SMILES string of the molecule is [C-]#[N+]/C(C#N)=C/c1cc(OCCC)c(C2=Cc3sc4c5c(sc4c3C23CCCCC3)-c2sc(-c3sc(C=C(C#N)C#N)cc3OCCC)cc2C52CCCCC2)s1. The molecule has 286 valence electrons. The molecule has 0 unspecified atom stereocenters. The molecule has 2 spiro atoms. The minimum atomic E-state index is -0.0975. The largest absolute Gasteiger partial charge is 0.492 e. The Morgan fingerprint density at radius 2 is 1.32 bits per heavy atom. The molecule has 0 saturated heterocycles. The maximum absolute atomic E-state index is 9.56. The summed E-state index contributed by atoms with van der Waals surface area (Å²) in [5.74, 6) is 1.70. The maximum Gasteiger partial charge on any atom is 0.263 e. The summed E-state index contributed by atoms with van der Waals surface area (Å²) in [6, 6.07) is 12.6. The van der Waals surface area contributed by atoms with E-state index in [1.54, 1.807) is 40.4 Å². The van der Waals surface area contributed by atoms with Gasteiger partial charge in [-0.2, -0.15) is 10.5 Å². The van der Waals surface area contributed by atoms with Crippen LogP contribution in [0, 0.1) is 40.6 Å². The zero-order chi connectivity index (χ0) is 39.3. The van der Waals surface area contributed by atoms with Crippen molar-refractivity contribution in [3.8, 4) is 49.2 Å². The molecule has 0 radical (unpaired) electrons. The molecule has 5 heterocycles. The first kappa shape index (κ1) is 38.1. The van der Waals surface area contributed by atoms with E-state index in [1.807, 2.05) is 64.4 Å². The van der Waals surface area contributed by atoms with Gasteiger partial charge in [0, 0.05) is 40.8 Å². The van der Waals surface area contributed by atoms with Crippen LogP contribution in [0.15, 0.2) is 29.5 Å². The average molecular weight is 841 g/mol. The van der Waals surface area contributed by atoms with Gasteiger partial charge in [0.15, 0.2) is 0 Å². The third-order valence-electron chi connectivity index (χ3n) is 12.0. The van der Waals surface area contributed by atoms with Crippen LogP contribution in [0.5, 0.6) is 11.5 Å². The van der Waals surface area contributed by atoms with Gasteiger partial charge in [-0.15, -0.1) is 56.7 Å². The van der Waals surface area contributed by atoms with Gasteiger partial charge in [-0.05, 0) is 91.7 Å². The van der Waals surface area contributed by atoms with Crippen molar-refractivity contribution < 1.29 is 9.47 Å². The van der Waals surface area contributed by atoms with Gasteiger partial charge in [0.1, 0.15) is 29.2 Å². The van der Waals surface area contributed by atoms with Crippen LogP contribution in [0.25, 0.3) is 57.6 Å². The highest BCUT2D eigenvalue weighted by Crippen LogP contribution is 2.69. The summed E-state index contributed by atoms with van der Waals surface area (Å²) in [4.78, 5) is 12.9. The lowest BCUT2D eigenvalue weighted by Crippen LogP contribution is -2.28. The van der Waals surface area contributed by atoms with Gasteiger partial charge in [-0.3, -0.25) is 0 Å². The lowest BCUT2D eigenvalue weighted by Gasteiger charge is -2.37. The van der Waals surface area contributed by atoms with E-state index in [1.165, 1.54) is 84.1 Å². The van der Waals surface area contributed by atoms with Crippen molar-refractivity contribution in [2.75, 3.05) is 13.2 Å². The summed E-state index contributed by atoms with van der Waals surface area (Å²) in [6.07, 6.45) is 19.5. The molecule has 0 atom stereocenters. The number of ether oxygens (including phenoxy) is 2. The molecule has 11 heteroatoms. The fraction of sp³-hybridized carbons (Fsp3) is 0.391. The van der Waals surface area contributed by atoms with Crippen LogP contribution >= 0.6 is 56.7 Å². The number of rotatable bonds is 10. The summed E-state index contributed by atoms with van der Waals surface area (Å²) >= 11 is 9.20. The second-order valence-electron chi connectivity index (χ2n) is 15.4. The summed E-state index contributed by atoms with van der Waals surface area (Å²) < 4.78 is 15.7. The van der Waals surface area contributed by atoms with Crippen molar-refractivity contribution in [1.29, 1.82) is 15.8 Å². The molecule has 0 N–H and O–H groups in total. The van der Waals surface area contributed by atoms with Crippen molar-refractivity contribution in [3.63, 3.8) is 0 Å². The summed E-state index contributed by atoms with van der Waals surface area (Å²) in [5.41, 5.74) is 6.04. The molecule has 0 aliphatic heterocycles. The average Bonchev–Trinajstić information content (AvgIpc) is 4.10. The molecule has 0 amide bonds. The Morgan fingerprint density at radius 3 is 1.95 bits per heavy atom. The molecule has 6 nitrogen and oxygen atoms in total. The topological polar surface area (TPSA) is 94.2 Å². The van der Waals surface area contributed by atoms with Crippen molar-refractivity contribution in [3.05, 3.63) is 77.1 Å². The van der Waals surface area contributed by atoms with E-state index in [9.17, 15) is 15.8 Å². The van der Waals surface area contributed by atoms with Crippen molar-refractivity contribution in [2.24, 2.45) is 0 Å². The number of nitriles is 3.